The number of aromatic carboxylic acids is 1. The van der Waals surface area contributed by atoms with Crippen LogP contribution in [0.25, 0.3) is 0 Å². The predicted molar refractivity (Wildman–Crippen MR) is 85.1 cm³/mol. The Hall–Kier alpha value is -3.22. The van der Waals surface area contributed by atoms with E-state index in [2.05, 4.69) is 5.32 Å². The van der Waals surface area contributed by atoms with Gasteiger partial charge in [-0.3, -0.25) is 4.79 Å². The first kappa shape index (κ1) is 15.7. The van der Waals surface area contributed by atoms with Crippen LogP contribution in [0.5, 0.6) is 17.2 Å². The summed E-state index contributed by atoms with van der Waals surface area (Å²) in [6.07, 6.45) is 0.766. The number of carboxylic acids is 1. The molecule has 0 saturated heterocycles. The van der Waals surface area contributed by atoms with E-state index in [1.54, 1.807) is 18.2 Å². The summed E-state index contributed by atoms with van der Waals surface area (Å²) in [7, 11) is 0. The van der Waals surface area contributed by atoms with Gasteiger partial charge in [0.1, 0.15) is 11.3 Å². The van der Waals surface area contributed by atoms with Crippen LogP contribution < -0.4 is 14.8 Å². The molecule has 2 aromatic rings. The molecule has 0 unspecified atom stereocenters. The van der Waals surface area contributed by atoms with Crippen molar-refractivity contribution in [3.63, 3.8) is 0 Å². The standard InChI is InChI=1S/C17H15NO6/c19-13-4-3-11(9-12(13)17(21)22)18-16(20)10-2-5-14-15(8-10)24-7-1-6-23-14/h2-5,8-9,19H,1,6-7H2,(H,18,20)(H,21,22). The van der Waals surface area contributed by atoms with Gasteiger partial charge in [0.25, 0.3) is 5.91 Å². The third-order valence-corrected chi connectivity index (χ3v) is 3.49. The number of carbonyl (C=O) groups is 2. The van der Waals surface area contributed by atoms with Gasteiger partial charge in [-0.1, -0.05) is 0 Å². The van der Waals surface area contributed by atoms with Gasteiger partial charge in [-0.25, -0.2) is 4.79 Å². The first-order valence-electron chi connectivity index (χ1n) is 7.32. The van der Waals surface area contributed by atoms with Crippen LogP contribution in [0.4, 0.5) is 5.69 Å². The van der Waals surface area contributed by atoms with Crippen LogP contribution in [-0.4, -0.2) is 35.3 Å². The number of carbonyl (C=O) groups excluding carboxylic acids is 1. The Morgan fingerprint density at radius 3 is 2.50 bits per heavy atom. The molecule has 1 heterocycles. The zero-order valence-corrected chi connectivity index (χ0v) is 12.6. The average molecular weight is 329 g/mol. The molecule has 7 nitrogen and oxygen atoms in total. The molecule has 24 heavy (non-hydrogen) atoms. The van der Waals surface area contributed by atoms with Crippen molar-refractivity contribution in [3.8, 4) is 17.2 Å². The number of ether oxygens (including phenoxy) is 2. The predicted octanol–water partition coefficient (Wildman–Crippen LogP) is 2.50. The maximum atomic E-state index is 12.3. The zero-order chi connectivity index (χ0) is 17.1. The van der Waals surface area contributed by atoms with Crippen molar-refractivity contribution >= 4 is 17.6 Å². The number of fused-ring (bicyclic) bond motifs is 1. The molecule has 0 spiro atoms. The zero-order valence-electron chi connectivity index (χ0n) is 12.6. The van der Waals surface area contributed by atoms with Gasteiger partial charge in [-0.05, 0) is 36.4 Å². The Labute approximate surface area is 137 Å². The van der Waals surface area contributed by atoms with Crippen molar-refractivity contribution in [1.82, 2.24) is 0 Å². The quantitative estimate of drug-likeness (QED) is 0.747. The summed E-state index contributed by atoms with van der Waals surface area (Å²) in [5, 5.41) is 21.1. The van der Waals surface area contributed by atoms with Crippen molar-refractivity contribution in [1.29, 1.82) is 0 Å². The summed E-state index contributed by atoms with van der Waals surface area (Å²) in [4.78, 5) is 23.4. The topological polar surface area (TPSA) is 105 Å². The lowest BCUT2D eigenvalue weighted by molar-refractivity contribution is 0.0693. The molecular formula is C17H15NO6. The summed E-state index contributed by atoms with van der Waals surface area (Å²) >= 11 is 0. The molecule has 1 aliphatic heterocycles. The second-order valence-electron chi connectivity index (χ2n) is 5.20. The minimum atomic E-state index is -1.28. The largest absolute Gasteiger partial charge is 0.507 e. The molecule has 3 N–H and O–H groups in total. The van der Waals surface area contributed by atoms with Crippen LogP contribution in [-0.2, 0) is 0 Å². The molecule has 0 radical (unpaired) electrons. The van der Waals surface area contributed by atoms with Gasteiger partial charge in [0.05, 0.1) is 13.2 Å². The Morgan fingerprint density at radius 1 is 1.00 bits per heavy atom. The second kappa shape index (κ2) is 6.49. The Kier molecular flexibility index (Phi) is 4.24. The van der Waals surface area contributed by atoms with Gasteiger partial charge < -0.3 is 25.0 Å². The molecule has 7 heteroatoms. The fourth-order valence-electron chi connectivity index (χ4n) is 2.29. The third-order valence-electron chi connectivity index (χ3n) is 3.49. The minimum Gasteiger partial charge on any atom is -0.507 e. The van der Waals surface area contributed by atoms with Crippen LogP contribution in [0.2, 0.25) is 0 Å². The van der Waals surface area contributed by atoms with Crippen LogP contribution in [0.1, 0.15) is 27.1 Å². The smallest absolute Gasteiger partial charge is 0.339 e. The van der Waals surface area contributed by atoms with Crippen molar-refractivity contribution in [3.05, 3.63) is 47.5 Å². The lowest BCUT2D eigenvalue weighted by atomic mass is 10.1. The number of phenols is 1. The van der Waals surface area contributed by atoms with E-state index in [0.717, 1.165) is 6.42 Å². The normalized spacial score (nSPS) is 13.0. The van der Waals surface area contributed by atoms with E-state index in [1.165, 1.54) is 18.2 Å². The van der Waals surface area contributed by atoms with Gasteiger partial charge in [-0.15, -0.1) is 0 Å². The monoisotopic (exact) mass is 329 g/mol. The lowest BCUT2D eigenvalue weighted by Gasteiger charge is -2.10. The van der Waals surface area contributed by atoms with Gasteiger partial charge >= 0.3 is 5.97 Å². The van der Waals surface area contributed by atoms with Crippen LogP contribution in [0, 0.1) is 0 Å². The maximum absolute atomic E-state index is 12.3. The highest BCUT2D eigenvalue weighted by Crippen LogP contribution is 2.31. The molecule has 0 bridgehead atoms. The van der Waals surface area contributed by atoms with E-state index in [-0.39, 0.29) is 17.0 Å². The van der Waals surface area contributed by atoms with E-state index < -0.39 is 11.9 Å². The molecule has 0 atom stereocenters. The van der Waals surface area contributed by atoms with E-state index in [1.807, 2.05) is 0 Å². The fraction of sp³-hybridized carbons (Fsp3) is 0.176. The van der Waals surface area contributed by atoms with Crippen LogP contribution in [0.3, 0.4) is 0 Å². The minimum absolute atomic E-state index is 0.266. The highest BCUT2D eigenvalue weighted by atomic mass is 16.5. The molecule has 1 amide bonds. The number of hydrogen-bond acceptors (Lipinski definition) is 5. The lowest BCUT2D eigenvalue weighted by Crippen LogP contribution is -2.12. The summed E-state index contributed by atoms with van der Waals surface area (Å²) in [6.45, 7) is 1.07. The highest BCUT2D eigenvalue weighted by molar-refractivity contribution is 6.05. The Bertz CT molecular complexity index is 802. The number of benzene rings is 2. The third kappa shape index (κ3) is 3.24. The van der Waals surface area contributed by atoms with E-state index in [9.17, 15) is 14.7 Å². The first-order chi connectivity index (χ1) is 11.5. The summed E-state index contributed by atoms with van der Waals surface area (Å²) in [5.41, 5.74) is 0.331. The summed E-state index contributed by atoms with van der Waals surface area (Å²) in [5.74, 6) is -0.984. The Morgan fingerprint density at radius 2 is 1.75 bits per heavy atom. The van der Waals surface area contributed by atoms with Crippen LogP contribution in [0.15, 0.2) is 36.4 Å². The van der Waals surface area contributed by atoms with E-state index in [4.69, 9.17) is 14.6 Å². The van der Waals surface area contributed by atoms with Crippen molar-refractivity contribution in [2.75, 3.05) is 18.5 Å². The van der Waals surface area contributed by atoms with Crippen LogP contribution >= 0.6 is 0 Å². The maximum Gasteiger partial charge on any atom is 0.339 e. The molecule has 124 valence electrons. The van der Waals surface area contributed by atoms with Gasteiger partial charge in [0.2, 0.25) is 0 Å². The molecule has 1 aliphatic rings. The van der Waals surface area contributed by atoms with Crippen molar-refractivity contribution in [2.45, 2.75) is 6.42 Å². The number of nitrogens with one attached hydrogen (secondary N) is 1. The number of aromatic hydroxyl groups is 1. The van der Waals surface area contributed by atoms with Crippen molar-refractivity contribution in [2.24, 2.45) is 0 Å². The molecule has 0 aliphatic carbocycles. The van der Waals surface area contributed by atoms with E-state index >= 15 is 0 Å². The summed E-state index contributed by atoms with van der Waals surface area (Å²) in [6, 6.07) is 8.67. The fourth-order valence-corrected chi connectivity index (χ4v) is 2.29. The van der Waals surface area contributed by atoms with E-state index in [0.29, 0.717) is 30.3 Å². The molecule has 0 fully saturated rings. The second-order valence-corrected chi connectivity index (χ2v) is 5.20. The highest BCUT2D eigenvalue weighted by Gasteiger charge is 2.16. The number of amides is 1. The molecular weight excluding hydrogens is 314 g/mol. The average Bonchev–Trinajstić information content (AvgIpc) is 2.80. The first-order valence-corrected chi connectivity index (χ1v) is 7.32. The summed E-state index contributed by atoms with van der Waals surface area (Å²) < 4.78 is 11.0. The van der Waals surface area contributed by atoms with Gasteiger partial charge in [0, 0.05) is 17.7 Å². The molecule has 0 aromatic heterocycles. The SMILES string of the molecule is O=C(Nc1ccc(O)c(C(=O)O)c1)c1ccc2c(c1)OCCCO2. The number of rotatable bonds is 3. The molecule has 3 rings (SSSR count). The van der Waals surface area contributed by atoms with Crippen molar-refractivity contribution < 1.29 is 29.3 Å². The number of anilines is 1. The molecule has 2 aromatic carbocycles. The number of hydrogen-bond donors (Lipinski definition) is 3. The number of carboxylic acid groups (broad SMARTS) is 1. The Balaban J connectivity index is 1.81. The van der Waals surface area contributed by atoms with Gasteiger partial charge in [0.15, 0.2) is 11.5 Å². The van der Waals surface area contributed by atoms with Gasteiger partial charge in [-0.2, -0.15) is 0 Å². The molecule has 0 saturated carbocycles.